The Morgan fingerprint density at radius 2 is 1.89 bits per heavy atom. The van der Waals surface area contributed by atoms with Crippen LogP contribution in [-0.4, -0.2) is 43.6 Å². The summed E-state index contributed by atoms with van der Waals surface area (Å²) in [5, 5.41) is 26.9. The van der Waals surface area contributed by atoms with Gasteiger partial charge in [0.15, 0.2) is 5.69 Å². The van der Waals surface area contributed by atoms with Crippen molar-refractivity contribution < 1.29 is 28.2 Å². The number of aromatic nitrogens is 2. The molecule has 0 radical (unpaired) electrons. The number of aliphatic hydroxyl groups is 2. The summed E-state index contributed by atoms with van der Waals surface area (Å²) in [5.41, 5.74) is -4.50. The summed E-state index contributed by atoms with van der Waals surface area (Å²) in [6.45, 7) is 2.29. The molecule has 0 aliphatic heterocycles. The Kier molecular flexibility index (Phi) is 4.18. The number of rotatable bonds is 4. The Labute approximate surface area is 161 Å². The molecule has 0 saturated heterocycles. The molecule has 1 heterocycles. The van der Waals surface area contributed by atoms with Gasteiger partial charge in [-0.2, -0.15) is 18.3 Å². The van der Waals surface area contributed by atoms with Gasteiger partial charge in [0.05, 0.1) is 29.5 Å². The summed E-state index contributed by atoms with van der Waals surface area (Å²) >= 11 is 0. The van der Waals surface area contributed by atoms with Crippen molar-refractivity contribution in [3.8, 4) is 0 Å². The van der Waals surface area contributed by atoms with E-state index in [1.54, 1.807) is 0 Å². The first kappa shape index (κ1) is 19.7. The van der Waals surface area contributed by atoms with E-state index < -0.39 is 46.6 Å². The monoisotopic (exact) mass is 401 g/mol. The molecule has 28 heavy (non-hydrogen) atoms. The Bertz CT molecular complexity index is 788. The van der Waals surface area contributed by atoms with Gasteiger partial charge in [-0.1, -0.05) is 0 Å². The summed E-state index contributed by atoms with van der Waals surface area (Å²) < 4.78 is 42.0. The second-order valence-electron chi connectivity index (χ2n) is 9.71. The van der Waals surface area contributed by atoms with Crippen LogP contribution in [0, 0.1) is 11.8 Å². The third kappa shape index (κ3) is 3.12. The minimum absolute atomic E-state index is 0.296. The van der Waals surface area contributed by atoms with Gasteiger partial charge in [0.25, 0.3) is 5.91 Å². The highest BCUT2D eigenvalue weighted by Gasteiger charge is 2.58. The van der Waals surface area contributed by atoms with Crippen molar-refractivity contribution in [3.63, 3.8) is 0 Å². The lowest BCUT2D eigenvalue weighted by Gasteiger charge is -2.60. The van der Waals surface area contributed by atoms with Crippen LogP contribution in [0.5, 0.6) is 0 Å². The minimum Gasteiger partial charge on any atom is -0.394 e. The summed E-state index contributed by atoms with van der Waals surface area (Å²) in [6.07, 6.45) is 0.312. The van der Waals surface area contributed by atoms with Gasteiger partial charge in [-0.25, -0.2) is 0 Å². The molecule has 1 amide bonds. The second kappa shape index (κ2) is 5.95. The van der Waals surface area contributed by atoms with E-state index in [-0.39, 0.29) is 0 Å². The highest BCUT2D eigenvalue weighted by Crippen LogP contribution is 2.57. The third-order valence-corrected chi connectivity index (χ3v) is 6.65. The van der Waals surface area contributed by atoms with Crippen LogP contribution in [-0.2, 0) is 11.7 Å². The molecule has 5 rings (SSSR count). The molecule has 4 aliphatic carbocycles. The Morgan fingerprint density at radius 1 is 1.29 bits per heavy atom. The number of aliphatic hydroxyl groups excluding tert-OH is 1. The lowest BCUT2D eigenvalue weighted by Crippen LogP contribution is -2.65. The number of carbonyl (C=O) groups excluding carboxylic acids is 1. The molecule has 156 valence electrons. The number of alkyl halides is 3. The Balaban J connectivity index is 1.66. The molecule has 3 N–H and O–H groups in total. The SMILES string of the molecule is CC(C)(CO)n1ncc(C(=O)NC23CC4CC(CC(O)(C4)C2)C3)c1C(F)(F)F. The van der Waals surface area contributed by atoms with E-state index in [4.69, 9.17) is 0 Å². The number of nitrogens with one attached hydrogen (secondary N) is 1. The fourth-order valence-corrected chi connectivity index (χ4v) is 5.98. The van der Waals surface area contributed by atoms with Crippen molar-refractivity contribution in [1.29, 1.82) is 0 Å². The van der Waals surface area contributed by atoms with Gasteiger partial charge >= 0.3 is 6.18 Å². The molecule has 4 saturated carbocycles. The minimum atomic E-state index is -4.80. The fraction of sp³-hybridized carbons (Fsp3) is 0.789. The molecule has 4 bridgehead atoms. The average Bonchev–Trinajstić information content (AvgIpc) is 2.98. The van der Waals surface area contributed by atoms with Crippen molar-refractivity contribution in [2.75, 3.05) is 6.61 Å². The highest BCUT2D eigenvalue weighted by molar-refractivity contribution is 5.96. The molecule has 2 unspecified atom stereocenters. The zero-order chi connectivity index (χ0) is 20.5. The van der Waals surface area contributed by atoms with Crippen LogP contribution in [0.25, 0.3) is 0 Å². The first-order valence-corrected chi connectivity index (χ1v) is 9.68. The standard InChI is InChI=1S/C19H26F3N3O3/c1-16(2,10-26)25-14(19(20,21)22)13(8-23-25)15(27)24-17-4-11-3-12(5-17)7-18(28,6-11)9-17/h8,11-12,26,28H,3-7,9-10H2,1-2H3,(H,24,27). The molecule has 0 aromatic carbocycles. The molecule has 4 aliphatic rings. The van der Waals surface area contributed by atoms with E-state index in [1.165, 1.54) is 13.8 Å². The maximum Gasteiger partial charge on any atom is 0.433 e. The largest absolute Gasteiger partial charge is 0.433 e. The fourth-order valence-electron chi connectivity index (χ4n) is 5.98. The lowest BCUT2D eigenvalue weighted by molar-refractivity contribution is -0.147. The van der Waals surface area contributed by atoms with E-state index in [9.17, 15) is 28.2 Å². The Hall–Kier alpha value is -1.61. The van der Waals surface area contributed by atoms with Gasteiger partial charge in [-0.05, 0) is 64.2 Å². The molecule has 2 atom stereocenters. The highest BCUT2D eigenvalue weighted by atomic mass is 19.4. The molecular formula is C19H26F3N3O3. The van der Waals surface area contributed by atoms with Crippen LogP contribution in [0.2, 0.25) is 0 Å². The smallest absolute Gasteiger partial charge is 0.394 e. The van der Waals surface area contributed by atoms with Crippen LogP contribution in [0.4, 0.5) is 13.2 Å². The van der Waals surface area contributed by atoms with E-state index in [2.05, 4.69) is 10.4 Å². The number of nitrogens with zero attached hydrogens (tertiary/aromatic N) is 2. The van der Waals surface area contributed by atoms with Gasteiger partial charge < -0.3 is 15.5 Å². The first-order valence-electron chi connectivity index (χ1n) is 9.68. The van der Waals surface area contributed by atoms with Gasteiger partial charge in [-0.3, -0.25) is 9.48 Å². The number of hydrogen-bond acceptors (Lipinski definition) is 4. The van der Waals surface area contributed by atoms with Gasteiger partial charge in [0.2, 0.25) is 0 Å². The number of amides is 1. The molecule has 6 nitrogen and oxygen atoms in total. The van der Waals surface area contributed by atoms with Gasteiger partial charge in [0.1, 0.15) is 0 Å². The van der Waals surface area contributed by atoms with E-state index in [1.807, 2.05) is 0 Å². The lowest BCUT2D eigenvalue weighted by atomic mass is 9.51. The van der Waals surface area contributed by atoms with Crippen LogP contribution in [0.1, 0.15) is 68.4 Å². The summed E-state index contributed by atoms with van der Waals surface area (Å²) in [4.78, 5) is 12.9. The van der Waals surface area contributed by atoms with Crippen LogP contribution < -0.4 is 5.32 Å². The topological polar surface area (TPSA) is 87.4 Å². The van der Waals surface area contributed by atoms with E-state index in [0.717, 1.165) is 12.6 Å². The normalized spacial score (nSPS) is 34.7. The number of hydrogen-bond donors (Lipinski definition) is 3. The second-order valence-corrected chi connectivity index (χ2v) is 9.71. The zero-order valence-electron chi connectivity index (χ0n) is 16.0. The summed E-state index contributed by atoms with van der Waals surface area (Å²) in [7, 11) is 0. The summed E-state index contributed by atoms with van der Waals surface area (Å²) in [5.74, 6) is -0.229. The van der Waals surface area contributed by atoms with E-state index >= 15 is 0 Å². The molecule has 1 aromatic rings. The van der Waals surface area contributed by atoms with Crippen molar-refractivity contribution in [2.24, 2.45) is 11.8 Å². The molecule has 0 spiro atoms. The maximum absolute atomic E-state index is 13.8. The first-order chi connectivity index (χ1) is 12.9. The molecule has 9 heteroatoms. The van der Waals surface area contributed by atoms with Gasteiger partial charge in [-0.15, -0.1) is 0 Å². The van der Waals surface area contributed by atoms with Crippen LogP contribution in [0.15, 0.2) is 6.20 Å². The maximum atomic E-state index is 13.8. The average molecular weight is 401 g/mol. The van der Waals surface area contributed by atoms with Gasteiger partial charge in [0, 0.05) is 5.54 Å². The predicted octanol–water partition coefficient (Wildman–Crippen LogP) is 2.44. The molecule has 4 fully saturated rings. The molecular weight excluding hydrogens is 375 g/mol. The van der Waals surface area contributed by atoms with Crippen molar-refractivity contribution in [1.82, 2.24) is 15.1 Å². The van der Waals surface area contributed by atoms with Crippen molar-refractivity contribution in [3.05, 3.63) is 17.5 Å². The third-order valence-electron chi connectivity index (χ3n) is 6.65. The summed E-state index contributed by atoms with van der Waals surface area (Å²) in [6, 6.07) is 0. The Morgan fingerprint density at radius 3 is 2.39 bits per heavy atom. The number of carbonyl (C=O) groups is 1. The van der Waals surface area contributed by atoms with Crippen molar-refractivity contribution >= 4 is 5.91 Å². The molecule has 1 aromatic heterocycles. The zero-order valence-corrected chi connectivity index (χ0v) is 16.0. The van der Waals surface area contributed by atoms with Crippen LogP contribution >= 0.6 is 0 Å². The predicted molar refractivity (Wildman–Crippen MR) is 93.5 cm³/mol. The van der Waals surface area contributed by atoms with E-state index in [0.29, 0.717) is 48.6 Å². The van der Waals surface area contributed by atoms with Crippen molar-refractivity contribution in [2.45, 2.75) is 75.2 Å². The number of halogens is 3. The van der Waals surface area contributed by atoms with Crippen LogP contribution in [0.3, 0.4) is 0 Å². The quantitative estimate of drug-likeness (QED) is 0.723.